The van der Waals surface area contributed by atoms with E-state index in [0.717, 1.165) is 18.7 Å². The number of benzene rings is 1. The third kappa shape index (κ3) is 4.02. The van der Waals surface area contributed by atoms with E-state index in [4.69, 9.17) is 0 Å². The van der Waals surface area contributed by atoms with E-state index in [1.54, 1.807) is 12.1 Å². The molecule has 0 fully saturated rings. The van der Waals surface area contributed by atoms with Crippen LogP contribution in [0.3, 0.4) is 0 Å². The minimum Gasteiger partial charge on any atom is -0.358 e. The molecule has 0 aliphatic rings. The number of anilines is 2. The van der Waals surface area contributed by atoms with E-state index in [1.807, 2.05) is 49.3 Å². The zero-order valence-electron chi connectivity index (χ0n) is 12.8. The molecule has 0 bridgehead atoms. The number of nitrogens with zero attached hydrogens (tertiary/aromatic N) is 4. The van der Waals surface area contributed by atoms with E-state index in [0.29, 0.717) is 12.2 Å². The SMILES string of the molecule is CN(C)CCCN(c1ccccc1)c1cccnc1[N+](=O)[O-]. The second-order valence-electron chi connectivity index (χ2n) is 5.25. The molecule has 1 aromatic heterocycles. The van der Waals surface area contributed by atoms with Crippen molar-refractivity contribution in [2.45, 2.75) is 6.42 Å². The molecule has 116 valence electrons. The monoisotopic (exact) mass is 300 g/mol. The normalized spacial score (nSPS) is 10.7. The Morgan fingerprint density at radius 1 is 1.09 bits per heavy atom. The van der Waals surface area contributed by atoms with Crippen LogP contribution in [-0.4, -0.2) is 42.0 Å². The van der Waals surface area contributed by atoms with Crippen molar-refractivity contribution in [3.05, 3.63) is 58.8 Å². The molecule has 6 heteroatoms. The number of para-hydroxylation sites is 1. The highest BCUT2D eigenvalue weighted by molar-refractivity contribution is 5.69. The fraction of sp³-hybridized carbons (Fsp3) is 0.312. The quantitative estimate of drug-likeness (QED) is 0.581. The maximum Gasteiger partial charge on any atom is 0.387 e. The van der Waals surface area contributed by atoms with Crippen LogP contribution in [0.15, 0.2) is 48.7 Å². The van der Waals surface area contributed by atoms with Crippen LogP contribution in [0.1, 0.15) is 6.42 Å². The van der Waals surface area contributed by atoms with Crippen LogP contribution in [-0.2, 0) is 0 Å². The Bertz CT molecular complexity index is 617. The van der Waals surface area contributed by atoms with Crippen LogP contribution < -0.4 is 4.90 Å². The van der Waals surface area contributed by atoms with Crippen LogP contribution in [0, 0.1) is 10.1 Å². The summed E-state index contributed by atoms with van der Waals surface area (Å²) in [6, 6.07) is 13.2. The van der Waals surface area contributed by atoms with Gasteiger partial charge in [-0.3, -0.25) is 0 Å². The highest BCUT2D eigenvalue weighted by Gasteiger charge is 2.21. The standard InChI is InChI=1S/C16H20N4O2/c1-18(2)12-7-13-19(14-8-4-3-5-9-14)15-10-6-11-17-16(15)20(21)22/h3-6,8-11H,7,12-13H2,1-2H3. The summed E-state index contributed by atoms with van der Waals surface area (Å²) in [4.78, 5) is 18.8. The molecule has 2 rings (SSSR count). The molecule has 6 nitrogen and oxygen atoms in total. The molecule has 0 radical (unpaired) electrons. The number of nitro groups is 1. The lowest BCUT2D eigenvalue weighted by molar-refractivity contribution is -0.388. The van der Waals surface area contributed by atoms with E-state index < -0.39 is 4.92 Å². The maximum atomic E-state index is 11.2. The fourth-order valence-corrected chi connectivity index (χ4v) is 2.28. The highest BCUT2D eigenvalue weighted by atomic mass is 16.6. The molecule has 0 spiro atoms. The Morgan fingerprint density at radius 3 is 2.45 bits per heavy atom. The van der Waals surface area contributed by atoms with Crippen molar-refractivity contribution >= 4 is 17.2 Å². The first-order valence-electron chi connectivity index (χ1n) is 7.16. The van der Waals surface area contributed by atoms with Crippen LogP contribution in [0.5, 0.6) is 0 Å². The molecular weight excluding hydrogens is 280 g/mol. The largest absolute Gasteiger partial charge is 0.387 e. The molecule has 1 heterocycles. The van der Waals surface area contributed by atoms with E-state index in [9.17, 15) is 10.1 Å². The highest BCUT2D eigenvalue weighted by Crippen LogP contribution is 2.31. The lowest BCUT2D eigenvalue weighted by Crippen LogP contribution is -2.24. The van der Waals surface area contributed by atoms with E-state index in [2.05, 4.69) is 9.88 Å². The predicted octanol–water partition coefficient (Wildman–Crippen LogP) is 3.08. The van der Waals surface area contributed by atoms with E-state index in [1.165, 1.54) is 6.20 Å². The van der Waals surface area contributed by atoms with Crippen LogP contribution in [0.25, 0.3) is 0 Å². The molecule has 0 atom stereocenters. The van der Waals surface area contributed by atoms with Crippen LogP contribution in [0.4, 0.5) is 17.2 Å². The van der Waals surface area contributed by atoms with Crippen molar-refractivity contribution in [1.82, 2.24) is 9.88 Å². The predicted molar refractivity (Wildman–Crippen MR) is 87.5 cm³/mol. The van der Waals surface area contributed by atoms with Crippen molar-refractivity contribution < 1.29 is 4.92 Å². The first-order chi connectivity index (χ1) is 10.6. The van der Waals surface area contributed by atoms with Gasteiger partial charge in [0.1, 0.15) is 11.9 Å². The minimum atomic E-state index is -0.433. The molecule has 0 aliphatic carbocycles. The summed E-state index contributed by atoms with van der Waals surface area (Å²) < 4.78 is 0. The number of aromatic nitrogens is 1. The summed E-state index contributed by atoms with van der Waals surface area (Å²) in [6.45, 7) is 1.60. The Balaban J connectivity index is 2.34. The van der Waals surface area contributed by atoms with Gasteiger partial charge in [0.15, 0.2) is 0 Å². The average molecular weight is 300 g/mol. The van der Waals surface area contributed by atoms with Crippen molar-refractivity contribution in [3.8, 4) is 0 Å². The average Bonchev–Trinajstić information content (AvgIpc) is 2.52. The fourth-order valence-electron chi connectivity index (χ4n) is 2.28. The Labute approximate surface area is 130 Å². The van der Waals surface area contributed by atoms with Crippen molar-refractivity contribution in [2.75, 3.05) is 32.1 Å². The smallest absolute Gasteiger partial charge is 0.358 e. The number of pyridine rings is 1. The number of rotatable bonds is 7. The van der Waals surface area contributed by atoms with Gasteiger partial charge in [-0.2, -0.15) is 0 Å². The molecule has 0 aliphatic heterocycles. The van der Waals surface area contributed by atoms with Crippen molar-refractivity contribution in [3.63, 3.8) is 0 Å². The van der Waals surface area contributed by atoms with Gasteiger partial charge in [0.2, 0.25) is 0 Å². The minimum absolute atomic E-state index is 0.115. The zero-order chi connectivity index (χ0) is 15.9. The van der Waals surface area contributed by atoms with Crippen molar-refractivity contribution in [1.29, 1.82) is 0 Å². The van der Waals surface area contributed by atoms with Gasteiger partial charge in [-0.25, -0.2) is 0 Å². The molecule has 22 heavy (non-hydrogen) atoms. The Hall–Kier alpha value is -2.47. The summed E-state index contributed by atoms with van der Waals surface area (Å²) in [7, 11) is 4.03. The summed E-state index contributed by atoms with van der Waals surface area (Å²) in [5.41, 5.74) is 1.45. The summed E-state index contributed by atoms with van der Waals surface area (Å²) in [5.74, 6) is -0.115. The van der Waals surface area contributed by atoms with Crippen molar-refractivity contribution in [2.24, 2.45) is 0 Å². The number of hydrogen-bond donors (Lipinski definition) is 0. The molecule has 2 aromatic rings. The summed E-state index contributed by atoms with van der Waals surface area (Å²) >= 11 is 0. The topological polar surface area (TPSA) is 62.5 Å². The molecule has 0 N–H and O–H groups in total. The third-order valence-corrected chi connectivity index (χ3v) is 3.28. The second-order valence-corrected chi connectivity index (χ2v) is 5.25. The van der Waals surface area contributed by atoms with E-state index >= 15 is 0 Å². The molecular formula is C16H20N4O2. The van der Waals surface area contributed by atoms with Gasteiger partial charge >= 0.3 is 5.82 Å². The maximum absolute atomic E-state index is 11.2. The lowest BCUT2D eigenvalue weighted by Gasteiger charge is -2.25. The van der Waals surface area contributed by atoms with Gasteiger partial charge in [0.05, 0.1) is 0 Å². The zero-order valence-corrected chi connectivity index (χ0v) is 12.8. The third-order valence-electron chi connectivity index (χ3n) is 3.28. The van der Waals surface area contributed by atoms with Crippen LogP contribution in [0.2, 0.25) is 0 Å². The molecule has 0 amide bonds. The van der Waals surface area contributed by atoms with Gasteiger partial charge in [-0.05, 0) is 61.2 Å². The first-order valence-corrected chi connectivity index (χ1v) is 7.16. The Kier molecular flexibility index (Phi) is 5.43. The molecule has 0 saturated heterocycles. The van der Waals surface area contributed by atoms with Gasteiger partial charge in [-0.1, -0.05) is 18.2 Å². The molecule has 1 aromatic carbocycles. The van der Waals surface area contributed by atoms with E-state index in [-0.39, 0.29) is 5.82 Å². The van der Waals surface area contributed by atoms with Gasteiger partial charge < -0.3 is 19.9 Å². The molecule has 0 saturated carbocycles. The molecule has 0 unspecified atom stereocenters. The first kappa shape index (κ1) is 15.9. The second kappa shape index (κ2) is 7.51. The number of hydrogen-bond acceptors (Lipinski definition) is 5. The summed E-state index contributed by atoms with van der Waals surface area (Å²) in [6.07, 6.45) is 2.35. The van der Waals surface area contributed by atoms with Gasteiger partial charge in [-0.15, -0.1) is 0 Å². The van der Waals surface area contributed by atoms with Crippen LogP contribution >= 0.6 is 0 Å². The summed E-state index contributed by atoms with van der Waals surface area (Å²) in [5, 5.41) is 11.2. The lowest BCUT2D eigenvalue weighted by atomic mass is 10.2. The van der Waals surface area contributed by atoms with Gasteiger partial charge in [0.25, 0.3) is 0 Å². The Morgan fingerprint density at radius 2 is 1.82 bits per heavy atom. The van der Waals surface area contributed by atoms with Gasteiger partial charge in [0, 0.05) is 12.2 Å².